The quantitative estimate of drug-likeness (QED) is 0.682. The second-order valence-corrected chi connectivity index (χ2v) is 8.53. The van der Waals surface area contributed by atoms with Crippen LogP contribution >= 0.6 is 22.9 Å². The van der Waals surface area contributed by atoms with E-state index in [4.69, 9.17) is 11.6 Å². The van der Waals surface area contributed by atoms with Crippen LogP contribution in [0.2, 0.25) is 5.02 Å². The van der Waals surface area contributed by atoms with Crippen molar-refractivity contribution in [3.05, 3.63) is 70.2 Å². The predicted octanol–water partition coefficient (Wildman–Crippen LogP) is 3.81. The second-order valence-electron chi connectivity index (χ2n) is 5.44. The van der Waals surface area contributed by atoms with Crippen LogP contribution in [-0.2, 0) is 16.6 Å². The molecular formula is C17H11ClN2O3S2. The lowest BCUT2D eigenvalue weighted by Gasteiger charge is -2.13. The summed E-state index contributed by atoms with van der Waals surface area (Å²) in [6.07, 6.45) is 0. The van der Waals surface area contributed by atoms with Crippen molar-refractivity contribution in [1.29, 1.82) is 0 Å². The van der Waals surface area contributed by atoms with Crippen molar-refractivity contribution in [1.82, 2.24) is 9.29 Å². The molecule has 0 saturated carbocycles. The second kappa shape index (κ2) is 5.94. The maximum atomic E-state index is 12.6. The summed E-state index contributed by atoms with van der Waals surface area (Å²) in [5.74, 6) is -0.525. The summed E-state index contributed by atoms with van der Waals surface area (Å²) >= 11 is 7.53. The van der Waals surface area contributed by atoms with Crippen LogP contribution in [0.4, 0.5) is 0 Å². The monoisotopic (exact) mass is 390 g/mol. The molecule has 25 heavy (non-hydrogen) atoms. The molecule has 0 bridgehead atoms. The van der Waals surface area contributed by atoms with Crippen molar-refractivity contribution < 1.29 is 13.2 Å². The van der Waals surface area contributed by atoms with Crippen molar-refractivity contribution in [3.8, 4) is 10.6 Å². The molecule has 0 saturated heterocycles. The zero-order valence-electron chi connectivity index (χ0n) is 12.7. The summed E-state index contributed by atoms with van der Waals surface area (Å²) in [5.41, 5.74) is 1.48. The fourth-order valence-corrected chi connectivity index (χ4v) is 5.34. The first-order valence-electron chi connectivity index (χ1n) is 7.34. The lowest BCUT2D eigenvalue weighted by molar-refractivity contribution is 0.0864. The lowest BCUT2D eigenvalue weighted by Crippen LogP contribution is -2.29. The minimum absolute atomic E-state index is 0.0431. The Morgan fingerprint density at radius 2 is 1.72 bits per heavy atom. The zero-order valence-corrected chi connectivity index (χ0v) is 15.1. The highest BCUT2D eigenvalue weighted by molar-refractivity contribution is 7.90. The number of fused-ring (bicyclic) bond motifs is 1. The van der Waals surface area contributed by atoms with Gasteiger partial charge in [0.1, 0.15) is 9.90 Å². The molecule has 0 N–H and O–H groups in total. The molecule has 0 fully saturated rings. The van der Waals surface area contributed by atoms with Gasteiger partial charge in [0.2, 0.25) is 0 Å². The summed E-state index contributed by atoms with van der Waals surface area (Å²) in [6, 6.07) is 13.5. The number of halogens is 1. The molecular weight excluding hydrogens is 380 g/mol. The third-order valence-corrected chi connectivity index (χ3v) is 6.91. The van der Waals surface area contributed by atoms with Gasteiger partial charge in [-0.25, -0.2) is 17.7 Å². The molecule has 1 amide bonds. The van der Waals surface area contributed by atoms with Gasteiger partial charge >= 0.3 is 0 Å². The normalized spacial score (nSPS) is 15.4. The molecule has 0 unspecified atom stereocenters. The van der Waals surface area contributed by atoms with Crippen molar-refractivity contribution in [3.63, 3.8) is 0 Å². The highest BCUT2D eigenvalue weighted by atomic mass is 35.5. The van der Waals surface area contributed by atoms with Gasteiger partial charge in [0.25, 0.3) is 15.9 Å². The highest BCUT2D eigenvalue weighted by Gasteiger charge is 2.41. The Kier molecular flexibility index (Phi) is 3.87. The van der Waals surface area contributed by atoms with Crippen LogP contribution in [0, 0.1) is 0 Å². The summed E-state index contributed by atoms with van der Waals surface area (Å²) in [6.45, 7) is -0.100. The minimum atomic E-state index is -3.83. The van der Waals surface area contributed by atoms with E-state index in [0.29, 0.717) is 15.7 Å². The Morgan fingerprint density at radius 3 is 2.44 bits per heavy atom. The molecule has 2 aromatic carbocycles. The lowest BCUT2D eigenvalue weighted by atomic mass is 10.2. The first kappa shape index (κ1) is 16.3. The highest BCUT2D eigenvalue weighted by Crippen LogP contribution is 2.33. The number of aromatic nitrogens is 1. The maximum Gasteiger partial charge on any atom is 0.269 e. The number of thiazole rings is 1. The van der Waals surface area contributed by atoms with Gasteiger partial charge in [-0.3, -0.25) is 4.79 Å². The van der Waals surface area contributed by atoms with E-state index in [2.05, 4.69) is 4.98 Å². The molecule has 3 aromatic rings. The Bertz CT molecular complexity index is 1090. The van der Waals surface area contributed by atoms with Gasteiger partial charge in [-0.1, -0.05) is 41.9 Å². The molecule has 1 aliphatic heterocycles. The number of nitrogens with zero attached hydrogens (tertiary/aromatic N) is 2. The van der Waals surface area contributed by atoms with Crippen LogP contribution in [0.25, 0.3) is 10.6 Å². The van der Waals surface area contributed by atoms with Gasteiger partial charge < -0.3 is 0 Å². The van der Waals surface area contributed by atoms with Crippen molar-refractivity contribution >= 4 is 38.9 Å². The number of carbonyl (C=O) groups excluding carboxylic acids is 1. The average molecular weight is 391 g/mol. The van der Waals surface area contributed by atoms with Gasteiger partial charge in [-0.05, 0) is 18.2 Å². The first-order valence-corrected chi connectivity index (χ1v) is 10.0. The molecule has 0 radical (unpaired) electrons. The van der Waals surface area contributed by atoms with Gasteiger partial charge in [0.05, 0.1) is 22.8 Å². The van der Waals surface area contributed by atoms with E-state index in [9.17, 15) is 13.2 Å². The molecule has 5 nitrogen and oxygen atoms in total. The summed E-state index contributed by atoms with van der Waals surface area (Å²) in [7, 11) is -3.83. The molecule has 0 atom stereocenters. The van der Waals surface area contributed by atoms with Crippen LogP contribution in [0.15, 0.2) is 58.8 Å². The minimum Gasteiger partial charge on any atom is -0.268 e. The molecule has 8 heteroatoms. The molecule has 2 heterocycles. The van der Waals surface area contributed by atoms with Crippen molar-refractivity contribution in [2.45, 2.75) is 11.4 Å². The topological polar surface area (TPSA) is 67.3 Å². The van der Waals surface area contributed by atoms with E-state index in [1.165, 1.54) is 23.5 Å². The van der Waals surface area contributed by atoms with E-state index in [-0.39, 0.29) is 17.0 Å². The maximum absolute atomic E-state index is 12.6. The number of amides is 1. The number of benzene rings is 2. The molecule has 126 valence electrons. The third kappa shape index (κ3) is 2.64. The molecule has 0 aliphatic carbocycles. The summed E-state index contributed by atoms with van der Waals surface area (Å²) in [4.78, 5) is 16.9. The van der Waals surface area contributed by atoms with Crippen LogP contribution in [-0.4, -0.2) is 23.6 Å². The molecule has 1 aliphatic rings. The van der Waals surface area contributed by atoms with Crippen LogP contribution in [0.3, 0.4) is 0 Å². The SMILES string of the molecule is O=C1c2ccccc2S(=O)(=O)N1Cc1csc(-c2ccccc2Cl)n1. The van der Waals surface area contributed by atoms with Crippen LogP contribution < -0.4 is 0 Å². The number of sulfonamides is 1. The van der Waals surface area contributed by atoms with E-state index >= 15 is 0 Å². The van der Waals surface area contributed by atoms with E-state index in [0.717, 1.165) is 9.87 Å². The van der Waals surface area contributed by atoms with E-state index in [1.54, 1.807) is 23.6 Å². The average Bonchev–Trinajstić information content (AvgIpc) is 3.14. The van der Waals surface area contributed by atoms with Gasteiger partial charge in [0.15, 0.2) is 0 Å². The van der Waals surface area contributed by atoms with Crippen LogP contribution in [0.5, 0.6) is 0 Å². The van der Waals surface area contributed by atoms with Gasteiger partial charge in [0, 0.05) is 10.9 Å². The third-order valence-electron chi connectivity index (χ3n) is 3.87. The first-order chi connectivity index (χ1) is 12.0. The molecule has 0 spiro atoms. The van der Waals surface area contributed by atoms with Crippen molar-refractivity contribution in [2.24, 2.45) is 0 Å². The van der Waals surface area contributed by atoms with E-state index < -0.39 is 15.9 Å². The Hall–Kier alpha value is -2.22. The fourth-order valence-electron chi connectivity index (χ4n) is 2.67. The molecule has 1 aromatic heterocycles. The predicted molar refractivity (Wildman–Crippen MR) is 96.1 cm³/mol. The van der Waals surface area contributed by atoms with Crippen molar-refractivity contribution in [2.75, 3.05) is 0 Å². The Morgan fingerprint density at radius 1 is 1.04 bits per heavy atom. The van der Waals surface area contributed by atoms with Gasteiger partial charge in [-0.2, -0.15) is 0 Å². The number of carbonyl (C=O) groups is 1. The molecule has 4 rings (SSSR count). The number of rotatable bonds is 3. The van der Waals surface area contributed by atoms with E-state index in [1.807, 2.05) is 18.2 Å². The van der Waals surface area contributed by atoms with Gasteiger partial charge in [-0.15, -0.1) is 11.3 Å². The Labute approximate surface area is 153 Å². The standard InChI is InChI=1S/C17H11ClN2O3S2/c18-14-7-3-1-5-12(14)16-19-11(10-24-16)9-20-17(21)13-6-2-4-8-15(13)25(20,22)23/h1-8,10H,9H2. The summed E-state index contributed by atoms with van der Waals surface area (Å²) in [5, 5.41) is 2.99. The number of hydrogen-bond donors (Lipinski definition) is 0. The fraction of sp³-hybridized carbons (Fsp3) is 0.0588. The van der Waals surface area contributed by atoms with Crippen LogP contribution in [0.1, 0.15) is 16.1 Å². The largest absolute Gasteiger partial charge is 0.269 e. The smallest absolute Gasteiger partial charge is 0.268 e. The number of hydrogen-bond acceptors (Lipinski definition) is 5. The summed E-state index contributed by atoms with van der Waals surface area (Å²) < 4.78 is 26.0. The zero-order chi connectivity index (χ0) is 17.6. The Balaban J connectivity index is 1.67.